The number of nitrogens with one attached hydrogen (secondary N) is 1. The third kappa shape index (κ3) is 5.54. The smallest absolute Gasteiger partial charge is 0.397 e. The van der Waals surface area contributed by atoms with Gasteiger partial charge in [0.1, 0.15) is 11.4 Å². The molecule has 0 unspecified atom stereocenters. The zero-order chi connectivity index (χ0) is 20.0. The highest BCUT2D eigenvalue weighted by Crippen LogP contribution is 2.28. The van der Waals surface area contributed by atoms with E-state index in [0.717, 1.165) is 38.1 Å². The Kier molecular flexibility index (Phi) is 6.55. The van der Waals surface area contributed by atoms with Crippen LogP contribution in [0.5, 0.6) is 0 Å². The van der Waals surface area contributed by atoms with Gasteiger partial charge >= 0.3 is 6.18 Å². The molecule has 0 aliphatic carbocycles. The minimum Gasteiger partial charge on any atom is -0.397 e. The number of carbonyl (C=O) groups excluding carboxylic acids is 1. The number of amides is 1. The first kappa shape index (κ1) is 20.4. The molecule has 3 N–H and O–H groups in total. The first-order valence-corrected chi connectivity index (χ1v) is 8.43. The number of hydrogen-bond acceptors (Lipinski definition) is 4. The summed E-state index contributed by atoms with van der Waals surface area (Å²) in [4.78, 5) is 18.1. The number of anilines is 1. The van der Waals surface area contributed by atoms with E-state index in [1.807, 2.05) is 0 Å². The summed E-state index contributed by atoms with van der Waals surface area (Å²) in [6.45, 7) is 3.20. The second kappa shape index (κ2) is 8.66. The largest absolute Gasteiger partial charge is 0.416 e. The zero-order valence-corrected chi connectivity index (χ0v) is 14.9. The van der Waals surface area contributed by atoms with Crippen LogP contribution in [0.25, 0.3) is 0 Å². The van der Waals surface area contributed by atoms with Gasteiger partial charge in [0.25, 0.3) is 5.91 Å². The summed E-state index contributed by atoms with van der Waals surface area (Å²) in [5, 5.41) is 7.56. The summed E-state index contributed by atoms with van der Waals surface area (Å²) in [5.74, 6) is -0.0648. The Morgan fingerprint density at radius 3 is 2.19 bits per heavy atom. The highest BCUT2D eigenvalue weighted by molar-refractivity contribution is 6.01. The lowest BCUT2D eigenvalue weighted by Gasteiger charge is -2.15. The predicted molar refractivity (Wildman–Crippen MR) is 97.7 cm³/mol. The molecule has 1 fully saturated rings. The van der Waals surface area contributed by atoms with Gasteiger partial charge in [0.15, 0.2) is 0 Å². The monoisotopic (exact) mass is 378 g/mol. The van der Waals surface area contributed by atoms with Crippen LogP contribution in [0.15, 0.2) is 42.5 Å². The fourth-order valence-electron chi connectivity index (χ4n) is 2.60. The Morgan fingerprint density at radius 1 is 1.11 bits per heavy atom. The summed E-state index contributed by atoms with van der Waals surface area (Å²) >= 11 is 0. The zero-order valence-electron chi connectivity index (χ0n) is 14.9. The van der Waals surface area contributed by atoms with E-state index in [1.165, 1.54) is 12.1 Å². The predicted octanol–water partition coefficient (Wildman–Crippen LogP) is 3.99. The van der Waals surface area contributed by atoms with Crippen LogP contribution in [0, 0.1) is 5.41 Å². The molecule has 0 spiro atoms. The third-order valence-corrected chi connectivity index (χ3v) is 4.00. The number of benzene rings is 1. The molecule has 0 bridgehead atoms. The first-order valence-electron chi connectivity index (χ1n) is 8.43. The van der Waals surface area contributed by atoms with Crippen molar-refractivity contribution < 1.29 is 18.0 Å². The van der Waals surface area contributed by atoms with Crippen LogP contribution in [0.2, 0.25) is 0 Å². The molecule has 5 nitrogen and oxygen atoms in total. The van der Waals surface area contributed by atoms with Crippen molar-refractivity contribution in [1.82, 2.24) is 9.88 Å². The molecule has 1 aliphatic rings. The van der Waals surface area contributed by atoms with E-state index in [-0.39, 0.29) is 11.6 Å². The normalized spacial score (nSPS) is 13.7. The number of hydrogen-bond donors (Lipinski definition) is 2. The number of carbonyl (C=O) groups is 1. The number of nitrogen functional groups attached to an aromatic ring is 1. The molecule has 2 heterocycles. The number of aromatic nitrogens is 1. The van der Waals surface area contributed by atoms with Crippen LogP contribution < -0.4 is 5.73 Å². The van der Waals surface area contributed by atoms with Crippen molar-refractivity contribution in [3.05, 3.63) is 59.4 Å². The lowest BCUT2D eigenvalue weighted by atomic mass is 10.2. The molecular formula is C19H21F3N4O. The van der Waals surface area contributed by atoms with Crippen molar-refractivity contribution in [3.8, 4) is 0 Å². The van der Waals surface area contributed by atoms with E-state index < -0.39 is 11.7 Å². The number of alkyl halides is 3. The standard InChI is InChI=1S/C12H16N4O.C7H5F3/c1-8(13)11-9(14)4-5-10(15-11)12(17)16-6-2-3-7-16;8-7(9,10)6-4-2-1-3-5-6/h4-5,13H,2-3,6-7,14H2,1H3;1-5H. The number of nitrogens with zero attached hydrogens (tertiary/aromatic N) is 2. The molecule has 1 aliphatic heterocycles. The van der Waals surface area contributed by atoms with E-state index >= 15 is 0 Å². The molecule has 1 saturated heterocycles. The third-order valence-electron chi connectivity index (χ3n) is 4.00. The maximum absolute atomic E-state index is 12.1. The second-order valence-electron chi connectivity index (χ2n) is 6.12. The van der Waals surface area contributed by atoms with Crippen LogP contribution in [0.4, 0.5) is 18.9 Å². The first-order chi connectivity index (χ1) is 12.7. The molecule has 1 aromatic carbocycles. The van der Waals surface area contributed by atoms with E-state index in [4.69, 9.17) is 11.1 Å². The SMILES string of the molecule is CC(=N)c1nc(C(=O)N2CCCC2)ccc1N.FC(F)(F)c1ccccc1. The molecule has 27 heavy (non-hydrogen) atoms. The van der Waals surface area contributed by atoms with Crippen molar-refractivity contribution in [2.45, 2.75) is 25.9 Å². The Hall–Kier alpha value is -2.90. The van der Waals surface area contributed by atoms with Crippen LogP contribution in [0.3, 0.4) is 0 Å². The van der Waals surface area contributed by atoms with Crippen LogP contribution >= 0.6 is 0 Å². The second-order valence-corrected chi connectivity index (χ2v) is 6.12. The molecule has 8 heteroatoms. The number of nitrogens with two attached hydrogens (primary N) is 1. The van der Waals surface area contributed by atoms with Crippen LogP contribution in [-0.4, -0.2) is 34.6 Å². The minimum atomic E-state index is -4.21. The minimum absolute atomic E-state index is 0.0648. The number of halogens is 3. The Morgan fingerprint density at radius 2 is 1.70 bits per heavy atom. The summed E-state index contributed by atoms with van der Waals surface area (Å²) in [5.41, 5.74) is 6.61. The van der Waals surface area contributed by atoms with Gasteiger partial charge < -0.3 is 16.0 Å². The van der Waals surface area contributed by atoms with Crippen LogP contribution in [0.1, 0.15) is 41.5 Å². The van der Waals surface area contributed by atoms with Gasteiger partial charge in [-0.15, -0.1) is 0 Å². The summed E-state index contributed by atoms with van der Waals surface area (Å²) < 4.78 is 35.4. The highest BCUT2D eigenvalue weighted by atomic mass is 19.4. The molecule has 1 amide bonds. The maximum Gasteiger partial charge on any atom is 0.416 e. The van der Waals surface area contributed by atoms with Gasteiger partial charge in [-0.2, -0.15) is 13.2 Å². The van der Waals surface area contributed by atoms with Gasteiger partial charge in [0.05, 0.1) is 17.0 Å². The lowest BCUT2D eigenvalue weighted by Crippen LogP contribution is -2.28. The Bertz CT molecular complexity index is 800. The summed E-state index contributed by atoms with van der Waals surface area (Å²) in [7, 11) is 0. The van der Waals surface area contributed by atoms with Crippen LogP contribution in [-0.2, 0) is 6.18 Å². The van der Waals surface area contributed by atoms with Crippen molar-refractivity contribution in [2.24, 2.45) is 0 Å². The van der Waals surface area contributed by atoms with Gasteiger partial charge in [-0.1, -0.05) is 30.3 Å². The quantitative estimate of drug-likeness (QED) is 0.775. The molecular weight excluding hydrogens is 357 g/mol. The van der Waals surface area contributed by atoms with Crippen molar-refractivity contribution in [1.29, 1.82) is 5.41 Å². The Balaban J connectivity index is 0.000000223. The van der Waals surface area contributed by atoms with Gasteiger partial charge in [-0.25, -0.2) is 4.98 Å². The fourth-order valence-corrected chi connectivity index (χ4v) is 2.60. The number of pyridine rings is 1. The van der Waals surface area contributed by atoms with E-state index in [9.17, 15) is 18.0 Å². The van der Waals surface area contributed by atoms with E-state index in [0.29, 0.717) is 17.1 Å². The average Bonchev–Trinajstić information content (AvgIpc) is 3.16. The van der Waals surface area contributed by atoms with Crippen molar-refractivity contribution in [2.75, 3.05) is 18.8 Å². The van der Waals surface area contributed by atoms with E-state index in [1.54, 1.807) is 30.0 Å². The number of rotatable bonds is 2. The number of likely N-dealkylation sites (tertiary alicyclic amines) is 1. The van der Waals surface area contributed by atoms with Gasteiger partial charge in [0, 0.05) is 13.1 Å². The molecule has 2 aromatic rings. The fraction of sp³-hybridized carbons (Fsp3) is 0.316. The molecule has 0 saturated carbocycles. The molecule has 0 atom stereocenters. The highest BCUT2D eigenvalue weighted by Gasteiger charge is 2.29. The summed E-state index contributed by atoms with van der Waals surface area (Å²) in [6.07, 6.45) is -2.10. The lowest BCUT2D eigenvalue weighted by molar-refractivity contribution is -0.137. The van der Waals surface area contributed by atoms with Gasteiger partial charge in [0.2, 0.25) is 0 Å². The summed E-state index contributed by atoms with van der Waals surface area (Å²) in [6, 6.07) is 9.63. The molecule has 1 aromatic heterocycles. The van der Waals surface area contributed by atoms with Gasteiger partial charge in [-0.05, 0) is 31.9 Å². The van der Waals surface area contributed by atoms with Crippen molar-refractivity contribution in [3.63, 3.8) is 0 Å². The van der Waals surface area contributed by atoms with Crippen molar-refractivity contribution >= 4 is 17.3 Å². The van der Waals surface area contributed by atoms with Gasteiger partial charge in [-0.3, -0.25) is 4.79 Å². The molecule has 3 rings (SSSR count). The topological polar surface area (TPSA) is 83.1 Å². The molecule has 144 valence electrons. The molecule has 0 radical (unpaired) electrons. The maximum atomic E-state index is 12.1. The van der Waals surface area contributed by atoms with E-state index in [2.05, 4.69) is 4.98 Å². The Labute approximate surface area is 155 Å². The average molecular weight is 378 g/mol.